The van der Waals surface area contributed by atoms with E-state index in [0.717, 1.165) is 10.8 Å². The molecule has 0 radical (unpaired) electrons. The van der Waals surface area contributed by atoms with Crippen LogP contribution in [-0.2, 0) is 0 Å². The van der Waals surface area contributed by atoms with Crippen LogP contribution in [0.25, 0.3) is 10.8 Å². The first-order valence-electron chi connectivity index (χ1n) is 3.54. The van der Waals surface area contributed by atoms with Gasteiger partial charge in [0.25, 0.3) is 0 Å². The van der Waals surface area contributed by atoms with Crippen LogP contribution in [0.4, 0.5) is 0 Å². The van der Waals surface area contributed by atoms with E-state index in [1.165, 1.54) is 0 Å². The Balaban J connectivity index is 0.000000720. The number of hydrogen-bond donors (Lipinski definition) is 1. The Labute approximate surface area is 99.3 Å². The Hall–Kier alpha value is -0.444. The first kappa shape index (κ1) is 12.6. The van der Waals surface area contributed by atoms with Crippen molar-refractivity contribution in [2.45, 2.75) is 0 Å². The van der Waals surface area contributed by atoms with Gasteiger partial charge in [-0.05, 0) is 11.5 Å². The van der Waals surface area contributed by atoms with Gasteiger partial charge in [-0.1, -0.05) is 36.4 Å². The molecule has 0 heterocycles. The molecule has 0 aliphatic rings. The monoisotopic (exact) mass is 203 g/mol. The van der Waals surface area contributed by atoms with Crippen LogP contribution in [0.2, 0.25) is 0 Å². The van der Waals surface area contributed by atoms with Crippen LogP contribution in [0, 0.1) is 0 Å². The summed E-state index contributed by atoms with van der Waals surface area (Å²) in [6.07, 6.45) is 0. The molecule has 0 saturated carbocycles. The molecule has 0 spiro atoms. The standard InChI is InChI=1S/C10H8O.ClH.Mg/c11-10-7-3-5-8-4-1-2-6-9(8)10;;/h1-7,11H;1H;/q;;+2/p-1. The molecule has 0 aliphatic heterocycles. The summed E-state index contributed by atoms with van der Waals surface area (Å²) in [6, 6.07) is 13.3. The van der Waals surface area contributed by atoms with Gasteiger partial charge in [0.2, 0.25) is 0 Å². The van der Waals surface area contributed by atoms with Crippen molar-refractivity contribution in [3.8, 4) is 5.75 Å². The van der Waals surface area contributed by atoms with Crippen molar-refractivity contribution in [3.63, 3.8) is 0 Å². The van der Waals surface area contributed by atoms with Crippen LogP contribution in [0.5, 0.6) is 5.75 Å². The van der Waals surface area contributed by atoms with E-state index in [1.807, 2.05) is 36.4 Å². The minimum Gasteiger partial charge on any atom is -1.00 e. The van der Waals surface area contributed by atoms with Crippen molar-refractivity contribution in [1.82, 2.24) is 0 Å². The maximum Gasteiger partial charge on any atom is 2.00 e. The van der Waals surface area contributed by atoms with E-state index in [9.17, 15) is 5.11 Å². The van der Waals surface area contributed by atoms with Crippen LogP contribution in [-0.4, -0.2) is 28.2 Å². The van der Waals surface area contributed by atoms with E-state index in [4.69, 9.17) is 0 Å². The van der Waals surface area contributed by atoms with Gasteiger partial charge in [0.05, 0.1) is 0 Å². The van der Waals surface area contributed by atoms with Crippen LogP contribution >= 0.6 is 0 Å². The molecule has 2 rings (SSSR count). The molecule has 3 heteroatoms. The summed E-state index contributed by atoms with van der Waals surface area (Å²) in [5.41, 5.74) is 0. The van der Waals surface area contributed by atoms with E-state index < -0.39 is 0 Å². The quantitative estimate of drug-likeness (QED) is 0.555. The van der Waals surface area contributed by atoms with Gasteiger partial charge in [0.1, 0.15) is 5.75 Å². The van der Waals surface area contributed by atoms with Gasteiger partial charge >= 0.3 is 23.1 Å². The van der Waals surface area contributed by atoms with Gasteiger partial charge < -0.3 is 17.5 Å². The molecule has 0 aliphatic carbocycles. The summed E-state index contributed by atoms with van der Waals surface area (Å²) in [7, 11) is 0. The van der Waals surface area contributed by atoms with Gasteiger partial charge in [-0.15, -0.1) is 0 Å². The molecule has 0 atom stereocenters. The summed E-state index contributed by atoms with van der Waals surface area (Å²) in [5, 5.41) is 11.4. The van der Waals surface area contributed by atoms with Gasteiger partial charge in [0.15, 0.2) is 0 Å². The molecular weight excluding hydrogens is 196 g/mol. The fourth-order valence-electron chi connectivity index (χ4n) is 1.21. The first-order valence-corrected chi connectivity index (χ1v) is 3.54. The molecule has 0 bridgehead atoms. The number of hydrogen-bond acceptors (Lipinski definition) is 1. The fraction of sp³-hybridized carbons (Fsp3) is 0. The normalized spacial score (nSPS) is 8.62. The predicted octanol–water partition coefficient (Wildman–Crippen LogP) is -0.831. The second-order valence-corrected chi connectivity index (χ2v) is 2.50. The third-order valence-electron chi connectivity index (χ3n) is 1.77. The van der Waals surface area contributed by atoms with E-state index in [2.05, 4.69) is 0 Å². The zero-order chi connectivity index (χ0) is 7.68. The van der Waals surface area contributed by atoms with Crippen molar-refractivity contribution >= 4 is 33.8 Å². The molecule has 13 heavy (non-hydrogen) atoms. The Bertz CT molecular complexity index is 384. The second-order valence-electron chi connectivity index (χ2n) is 2.50. The van der Waals surface area contributed by atoms with Crippen LogP contribution in [0.15, 0.2) is 42.5 Å². The number of aromatic hydroxyl groups is 1. The molecule has 1 nitrogen and oxygen atoms in total. The third kappa shape index (κ3) is 2.50. The predicted molar refractivity (Wildman–Crippen MR) is 51.4 cm³/mol. The smallest absolute Gasteiger partial charge is 1.00 e. The molecule has 0 amide bonds. The van der Waals surface area contributed by atoms with Gasteiger partial charge in [-0.3, -0.25) is 0 Å². The van der Waals surface area contributed by atoms with Crippen molar-refractivity contribution in [2.24, 2.45) is 0 Å². The third-order valence-corrected chi connectivity index (χ3v) is 1.77. The number of benzene rings is 2. The SMILES string of the molecule is Oc1cccc2ccccc12.[Cl-].[Mg+2]. The number of rotatable bonds is 0. The van der Waals surface area contributed by atoms with Crippen LogP contribution in [0.1, 0.15) is 0 Å². The van der Waals surface area contributed by atoms with Crippen molar-refractivity contribution in [3.05, 3.63) is 42.5 Å². The van der Waals surface area contributed by atoms with E-state index in [0.29, 0.717) is 5.75 Å². The Kier molecular flexibility index (Phi) is 5.14. The molecule has 0 saturated heterocycles. The molecule has 2 aromatic rings. The number of phenolic OH excluding ortho intramolecular Hbond substituents is 1. The van der Waals surface area contributed by atoms with E-state index >= 15 is 0 Å². The van der Waals surface area contributed by atoms with E-state index in [1.54, 1.807) is 6.07 Å². The topological polar surface area (TPSA) is 20.2 Å². The number of halogens is 1. The van der Waals surface area contributed by atoms with Gasteiger partial charge in [0, 0.05) is 5.39 Å². The zero-order valence-electron chi connectivity index (χ0n) is 7.07. The molecule has 0 unspecified atom stereocenters. The first-order chi connectivity index (χ1) is 5.38. The average molecular weight is 204 g/mol. The molecule has 2 aromatic carbocycles. The van der Waals surface area contributed by atoms with Crippen molar-refractivity contribution < 1.29 is 17.5 Å². The number of fused-ring (bicyclic) bond motifs is 1. The summed E-state index contributed by atoms with van der Waals surface area (Å²) in [5.74, 6) is 0.350. The summed E-state index contributed by atoms with van der Waals surface area (Å²) in [4.78, 5) is 0. The van der Waals surface area contributed by atoms with Crippen LogP contribution < -0.4 is 12.4 Å². The van der Waals surface area contributed by atoms with Crippen LogP contribution in [0.3, 0.4) is 0 Å². The van der Waals surface area contributed by atoms with Crippen molar-refractivity contribution in [2.75, 3.05) is 0 Å². The van der Waals surface area contributed by atoms with Crippen molar-refractivity contribution in [1.29, 1.82) is 0 Å². The summed E-state index contributed by atoms with van der Waals surface area (Å²) >= 11 is 0. The largest absolute Gasteiger partial charge is 2.00 e. The Morgan fingerprint density at radius 1 is 0.846 bits per heavy atom. The summed E-state index contributed by atoms with van der Waals surface area (Å²) in [6.45, 7) is 0. The van der Waals surface area contributed by atoms with Gasteiger partial charge in [-0.2, -0.15) is 0 Å². The molecular formula is C10H8ClMgO+. The molecule has 0 aromatic heterocycles. The molecule has 0 fully saturated rings. The maximum atomic E-state index is 9.37. The summed E-state index contributed by atoms with van der Waals surface area (Å²) < 4.78 is 0. The Morgan fingerprint density at radius 3 is 2.15 bits per heavy atom. The molecule has 1 N–H and O–H groups in total. The second kappa shape index (κ2) is 5.32. The molecule has 62 valence electrons. The fourth-order valence-corrected chi connectivity index (χ4v) is 1.21. The maximum absolute atomic E-state index is 9.37. The zero-order valence-corrected chi connectivity index (χ0v) is 9.24. The average Bonchev–Trinajstić information content (AvgIpc) is 2.06. The van der Waals surface area contributed by atoms with Gasteiger partial charge in [-0.25, -0.2) is 0 Å². The number of phenols is 1. The van der Waals surface area contributed by atoms with E-state index in [-0.39, 0.29) is 35.5 Å². The minimum absolute atomic E-state index is 0. The minimum atomic E-state index is 0. The Morgan fingerprint density at radius 2 is 1.46 bits per heavy atom.